The van der Waals surface area contributed by atoms with Gasteiger partial charge in [-0.25, -0.2) is 0 Å². The third kappa shape index (κ3) is 7.81. The molecule has 31 heavy (non-hydrogen) atoms. The van der Waals surface area contributed by atoms with Gasteiger partial charge in [0.25, 0.3) is 0 Å². The van der Waals surface area contributed by atoms with Crippen LogP contribution in [0.4, 0.5) is 5.69 Å². The van der Waals surface area contributed by atoms with Crippen LogP contribution in [-0.4, -0.2) is 25.5 Å². The normalized spacial score (nSPS) is 11.5. The number of ether oxygens (including phenoxy) is 2. The third-order valence-electron chi connectivity index (χ3n) is 4.79. The van der Waals surface area contributed by atoms with Crippen LogP contribution in [0.15, 0.2) is 55.1 Å². The van der Waals surface area contributed by atoms with Crippen LogP contribution >= 0.6 is 0 Å². The van der Waals surface area contributed by atoms with E-state index in [1.54, 1.807) is 19.2 Å². The molecule has 166 valence electrons. The Hall–Kier alpha value is -3.28. The van der Waals surface area contributed by atoms with E-state index < -0.39 is 0 Å². The fourth-order valence-corrected chi connectivity index (χ4v) is 2.94. The van der Waals surface area contributed by atoms with Crippen molar-refractivity contribution in [3.63, 3.8) is 0 Å². The van der Waals surface area contributed by atoms with Crippen LogP contribution < -0.4 is 20.1 Å². The molecule has 0 fully saturated rings. The Bertz CT molecular complexity index is 891. The molecular weight excluding hydrogens is 392 g/mol. The minimum absolute atomic E-state index is 0.0911. The highest BCUT2D eigenvalue weighted by Gasteiger charge is 2.14. The van der Waals surface area contributed by atoms with Crippen LogP contribution in [0.1, 0.15) is 44.4 Å². The fraction of sp³-hybridized carbons (Fsp3) is 0.360. The molecule has 0 saturated carbocycles. The lowest BCUT2D eigenvalue weighted by Gasteiger charge is -2.17. The Morgan fingerprint density at radius 2 is 1.77 bits per heavy atom. The smallest absolute Gasteiger partial charge is 0.247 e. The van der Waals surface area contributed by atoms with E-state index in [9.17, 15) is 9.59 Å². The molecule has 0 aliphatic carbocycles. The lowest BCUT2D eigenvalue weighted by atomic mass is 10.1. The first-order valence-electron chi connectivity index (χ1n) is 10.4. The average molecular weight is 425 g/mol. The van der Waals surface area contributed by atoms with Gasteiger partial charge in [0.05, 0.1) is 26.2 Å². The monoisotopic (exact) mass is 424 g/mol. The zero-order chi connectivity index (χ0) is 22.8. The molecule has 0 radical (unpaired) electrons. The molecule has 2 rings (SSSR count). The first kappa shape index (κ1) is 24.0. The van der Waals surface area contributed by atoms with Crippen molar-refractivity contribution < 1.29 is 19.1 Å². The maximum absolute atomic E-state index is 12.5. The average Bonchev–Trinajstić information content (AvgIpc) is 2.74. The summed E-state index contributed by atoms with van der Waals surface area (Å²) in [6, 6.07) is 12.7. The van der Waals surface area contributed by atoms with Crippen LogP contribution in [0.25, 0.3) is 0 Å². The van der Waals surface area contributed by atoms with E-state index in [4.69, 9.17) is 9.47 Å². The van der Waals surface area contributed by atoms with Crippen molar-refractivity contribution >= 4 is 17.5 Å². The predicted octanol–water partition coefficient (Wildman–Crippen LogP) is 4.66. The van der Waals surface area contributed by atoms with Crippen molar-refractivity contribution in [1.29, 1.82) is 0 Å². The van der Waals surface area contributed by atoms with E-state index in [1.165, 1.54) is 6.08 Å². The number of hydrogen-bond donors (Lipinski definition) is 2. The van der Waals surface area contributed by atoms with Gasteiger partial charge in [0.2, 0.25) is 11.8 Å². The van der Waals surface area contributed by atoms with Crippen LogP contribution in [0.2, 0.25) is 0 Å². The zero-order valence-electron chi connectivity index (χ0n) is 18.7. The molecule has 0 aliphatic heterocycles. The summed E-state index contributed by atoms with van der Waals surface area (Å²) >= 11 is 0. The number of amides is 2. The summed E-state index contributed by atoms with van der Waals surface area (Å²) in [6.07, 6.45) is 2.43. The minimum Gasteiger partial charge on any atom is -0.493 e. The number of rotatable bonds is 11. The Morgan fingerprint density at radius 3 is 2.39 bits per heavy atom. The molecule has 2 aromatic carbocycles. The Kier molecular flexibility index (Phi) is 9.13. The molecule has 0 spiro atoms. The van der Waals surface area contributed by atoms with E-state index in [1.807, 2.05) is 37.3 Å². The largest absolute Gasteiger partial charge is 0.493 e. The molecule has 0 saturated heterocycles. The number of carbonyl (C=O) groups excluding carboxylic acids is 2. The van der Waals surface area contributed by atoms with Crippen molar-refractivity contribution in [1.82, 2.24) is 5.32 Å². The van der Waals surface area contributed by atoms with Gasteiger partial charge in [-0.05, 0) is 60.7 Å². The number of nitrogens with one attached hydrogen (secondary N) is 2. The summed E-state index contributed by atoms with van der Waals surface area (Å²) in [7, 11) is 1.61. The third-order valence-corrected chi connectivity index (χ3v) is 4.79. The van der Waals surface area contributed by atoms with Gasteiger partial charge in [0.1, 0.15) is 0 Å². The summed E-state index contributed by atoms with van der Waals surface area (Å²) in [5, 5.41) is 5.69. The van der Waals surface area contributed by atoms with Gasteiger partial charge < -0.3 is 20.1 Å². The summed E-state index contributed by atoms with van der Waals surface area (Å²) in [4.78, 5) is 23.8. The van der Waals surface area contributed by atoms with Crippen molar-refractivity contribution in [2.24, 2.45) is 5.92 Å². The standard InChI is InChI=1S/C25H32N2O4/c1-6-24(28)27-21-10-7-19(8-11-21)15-25(29)26-18(4)20-9-12-22(23(16-20)30-5)31-14-13-17(2)3/h6-12,16-18H,1,13-15H2,2-5H3,(H,26,29)(H,27,28). The molecule has 2 N–H and O–H groups in total. The minimum atomic E-state index is -0.272. The molecular formula is C25H32N2O4. The number of methoxy groups -OCH3 is 1. The number of benzene rings is 2. The van der Waals surface area contributed by atoms with Gasteiger partial charge >= 0.3 is 0 Å². The second kappa shape index (κ2) is 11.8. The molecule has 6 nitrogen and oxygen atoms in total. The van der Waals surface area contributed by atoms with Gasteiger partial charge in [-0.3, -0.25) is 9.59 Å². The lowest BCUT2D eigenvalue weighted by Crippen LogP contribution is -2.28. The molecule has 0 heterocycles. The van der Waals surface area contributed by atoms with Crippen LogP contribution in [0.5, 0.6) is 11.5 Å². The van der Waals surface area contributed by atoms with Crippen molar-refractivity contribution in [3.05, 3.63) is 66.2 Å². The first-order valence-corrected chi connectivity index (χ1v) is 10.4. The highest BCUT2D eigenvalue weighted by atomic mass is 16.5. The number of carbonyl (C=O) groups is 2. The summed E-state index contributed by atoms with van der Waals surface area (Å²) in [5.74, 6) is 1.56. The summed E-state index contributed by atoms with van der Waals surface area (Å²) in [6.45, 7) is 10.3. The predicted molar refractivity (Wildman–Crippen MR) is 123 cm³/mol. The number of anilines is 1. The van der Waals surface area contributed by atoms with Crippen molar-refractivity contribution in [2.75, 3.05) is 19.0 Å². The van der Waals surface area contributed by atoms with E-state index in [-0.39, 0.29) is 24.3 Å². The summed E-state index contributed by atoms with van der Waals surface area (Å²) < 4.78 is 11.3. The summed E-state index contributed by atoms with van der Waals surface area (Å²) in [5.41, 5.74) is 2.45. The van der Waals surface area contributed by atoms with E-state index in [0.29, 0.717) is 29.7 Å². The number of hydrogen-bond acceptors (Lipinski definition) is 4. The van der Waals surface area contributed by atoms with Crippen LogP contribution in [0, 0.1) is 5.92 Å². The zero-order valence-corrected chi connectivity index (χ0v) is 18.7. The van der Waals surface area contributed by atoms with Crippen molar-refractivity contribution in [3.8, 4) is 11.5 Å². The maximum atomic E-state index is 12.5. The lowest BCUT2D eigenvalue weighted by molar-refractivity contribution is -0.121. The maximum Gasteiger partial charge on any atom is 0.247 e. The topological polar surface area (TPSA) is 76.7 Å². The van der Waals surface area contributed by atoms with Crippen LogP contribution in [-0.2, 0) is 16.0 Å². The van der Waals surface area contributed by atoms with Gasteiger partial charge in [-0.1, -0.05) is 38.6 Å². The van der Waals surface area contributed by atoms with Gasteiger partial charge in [0.15, 0.2) is 11.5 Å². The molecule has 6 heteroatoms. The fourth-order valence-electron chi connectivity index (χ4n) is 2.94. The first-order chi connectivity index (χ1) is 14.8. The molecule has 2 aromatic rings. The molecule has 0 bridgehead atoms. The van der Waals surface area contributed by atoms with Crippen LogP contribution in [0.3, 0.4) is 0 Å². The molecule has 0 aliphatic rings. The Labute approximate surface area is 184 Å². The Balaban J connectivity index is 1.94. The van der Waals surface area contributed by atoms with Gasteiger partial charge in [0, 0.05) is 5.69 Å². The van der Waals surface area contributed by atoms with Gasteiger partial charge in [-0.2, -0.15) is 0 Å². The van der Waals surface area contributed by atoms with E-state index in [2.05, 4.69) is 31.1 Å². The van der Waals surface area contributed by atoms with Crippen molar-refractivity contribution in [2.45, 2.75) is 39.7 Å². The molecule has 1 atom stereocenters. The Morgan fingerprint density at radius 1 is 1.06 bits per heavy atom. The van der Waals surface area contributed by atoms with E-state index in [0.717, 1.165) is 17.5 Å². The molecule has 0 aromatic heterocycles. The second-order valence-corrected chi connectivity index (χ2v) is 7.80. The molecule has 2 amide bonds. The SMILES string of the molecule is C=CC(=O)Nc1ccc(CC(=O)NC(C)c2ccc(OCCC(C)C)c(OC)c2)cc1. The second-order valence-electron chi connectivity index (χ2n) is 7.80. The van der Waals surface area contributed by atoms with Gasteiger partial charge in [-0.15, -0.1) is 0 Å². The highest BCUT2D eigenvalue weighted by molar-refractivity contribution is 5.98. The quantitative estimate of drug-likeness (QED) is 0.514. The van der Waals surface area contributed by atoms with E-state index >= 15 is 0 Å². The molecule has 1 unspecified atom stereocenters. The highest BCUT2D eigenvalue weighted by Crippen LogP contribution is 2.30.